The smallest absolute Gasteiger partial charge is 0.324 e. The average Bonchev–Trinajstić information content (AvgIpc) is 2.67. The number of amides is 1. The second kappa shape index (κ2) is 9.29. The first-order valence-electron chi connectivity index (χ1n) is 8.39. The predicted octanol–water partition coefficient (Wildman–Crippen LogP) is 1.60. The lowest BCUT2D eigenvalue weighted by atomic mass is 10.2. The molecule has 1 amide bonds. The Balaban J connectivity index is 1.86. The van der Waals surface area contributed by atoms with Crippen molar-refractivity contribution in [2.24, 2.45) is 0 Å². The van der Waals surface area contributed by atoms with Crippen LogP contribution in [0.3, 0.4) is 0 Å². The molecule has 27 heavy (non-hydrogen) atoms. The molecule has 0 aromatic heterocycles. The number of benzene rings is 2. The molecule has 2 N–H and O–H groups in total. The van der Waals surface area contributed by atoms with Crippen molar-refractivity contribution < 1.29 is 22.7 Å². The highest BCUT2D eigenvalue weighted by Crippen LogP contribution is 2.09. The van der Waals surface area contributed by atoms with E-state index in [1.54, 1.807) is 18.2 Å². The fourth-order valence-corrected chi connectivity index (χ4v) is 3.42. The molecular weight excluding hydrogens is 368 g/mol. The van der Waals surface area contributed by atoms with Crippen molar-refractivity contribution >= 4 is 21.9 Å². The molecule has 8 heteroatoms. The Labute approximate surface area is 158 Å². The minimum absolute atomic E-state index is 0.0401. The molecule has 0 bridgehead atoms. The Morgan fingerprint density at radius 3 is 2.11 bits per heavy atom. The maximum Gasteiger partial charge on any atom is 0.324 e. The number of rotatable bonds is 8. The van der Waals surface area contributed by atoms with E-state index in [-0.39, 0.29) is 4.90 Å². The van der Waals surface area contributed by atoms with Crippen LogP contribution in [0.2, 0.25) is 0 Å². The summed E-state index contributed by atoms with van der Waals surface area (Å²) in [6.07, 6.45) is -1.05. The highest BCUT2D eigenvalue weighted by molar-refractivity contribution is 7.89. The number of hydrogen-bond donors (Lipinski definition) is 2. The van der Waals surface area contributed by atoms with Gasteiger partial charge in [0.15, 0.2) is 6.10 Å². The van der Waals surface area contributed by atoms with Gasteiger partial charge in [-0.2, -0.15) is 4.72 Å². The Morgan fingerprint density at radius 1 is 0.963 bits per heavy atom. The van der Waals surface area contributed by atoms with Gasteiger partial charge in [0.05, 0.1) is 4.90 Å². The maximum atomic E-state index is 12.2. The number of ether oxygens (including phenoxy) is 1. The molecule has 7 nitrogen and oxygen atoms in total. The molecule has 0 saturated carbocycles. The Morgan fingerprint density at radius 2 is 1.52 bits per heavy atom. The van der Waals surface area contributed by atoms with Gasteiger partial charge in [-0.1, -0.05) is 48.5 Å². The van der Waals surface area contributed by atoms with Crippen molar-refractivity contribution in [3.8, 4) is 0 Å². The average molecular weight is 390 g/mol. The third-order valence-electron chi connectivity index (χ3n) is 3.71. The molecule has 0 heterocycles. The zero-order valence-corrected chi connectivity index (χ0v) is 15.9. The second-order valence-corrected chi connectivity index (χ2v) is 7.65. The number of nitrogens with one attached hydrogen (secondary N) is 2. The molecule has 0 fully saturated rings. The van der Waals surface area contributed by atoms with Gasteiger partial charge < -0.3 is 10.1 Å². The van der Waals surface area contributed by atoms with E-state index in [1.807, 2.05) is 30.3 Å². The van der Waals surface area contributed by atoms with Gasteiger partial charge in [0.1, 0.15) is 6.04 Å². The second-order valence-electron chi connectivity index (χ2n) is 5.94. The van der Waals surface area contributed by atoms with Gasteiger partial charge >= 0.3 is 5.97 Å². The number of sulfonamides is 1. The lowest BCUT2D eigenvalue weighted by Gasteiger charge is -2.17. The molecule has 2 atom stereocenters. The minimum atomic E-state index is -3.86. The highest BCUT2D eigenvalue weighted by Gasteiger charge is 2.26. The summed E-state index contributed by atoms with van der Waals surface area (Å²) < 4.78 is 31.8. The molecule has 0 aliphatic rings. The van der Waals surface area contributed by atoms with Crippen molar-refractivity contribution in [3.05, 3.63) is 66.2 Å². The van der Waals surface area contributed by atoms with E-state index in [4.69, 9.17) is 4.74 Å². The molecule has 2 aromatic carbocycles. The van der Waals surface area contributed by atoms with E-state index in [9.17, 15) is 18.0 Å². The lowest BCUT2D eigenvalue weighted by molar-refractivity contribution is -0.156. The highest BCUT2D eigenvalue weighted by atomic mass is 32.2. The summed E-state index contributed by atoms with van der Waals surface area (Å²) in [5.74, 6) is -1.30. The van der Waals surface area contributed by atoms with Crippen LogP contribution in [0.5, 0.6) is 0 Å². The molecule has 0 aliphatic heterocycles. The van der Waals surface area contributed by atoms with Gasteiger partial charge in [0.25, 0.3) is 5.91 Å². The minimum Gasteiger partial charge on any atom is -0.451 e. The van der Waals surface area contributed by atoms with Gasteiger partial charge in [-0.05, 0) is 31.5 Å². The number of hydrogen-bond acceptors (Lipinski definition) is 5. The Hall–Kier alpha value is -2.71. The van der Waals surface area contributed by atoms with Crippen LogP contribution in [-0.4, -0.2) is 32.4 Å². The molecule has 0 aliphatic carbocycles. The maximum absolute atomic E-state index is 12.2. The summed E-state index contributed by atoms with van der Waals surface area (Å²) in [6.45, 7) is 3.09. The SMILES string of the molecule is CC(OC(=O)[C@H](C)NS(=O)(=O)c1ccccc1)C(=O)NCc1ccccc1. The number of esters is 1. The van der Waals surface area contributed by atoms with Crippen LogP contribution in [0.15, 0.2) is 65.6 Å². The summed E-state index contributed by atoms with van der Waals surface area (Å²) in [4.78, 5) is 24.2. The first kappa shape index (κ1) is 20.6. The summed E-state index contributed by atoms with van der Waals surface area (Å²) in [5.41, 5.74) is 0.911. The summed E-state index contributed by atoms with van der Waals surface area (Å²) in [7, 11) is -3.86. The quantitative estimate of drug-likeness (QED) is 0.667. The fourth-order valence-electron chi connectivity index (χ4n) is 2.21. The van der Waals surface area contributed by atoms with Crippen molar-refractivity contribution in [2.45, 2.75) is 37.4 Å². The first-order valence-corrected chi connectivity index (χ1v) is 9.87. The third-order valence-corrected chi connectivity index (χ3v) is 5.27. The molecule has 2 aromatic rings. The van der Waals surface area contributed by atoms with Crippen molar-refractivity contribution in [1.29, 1.82) is 0 Å². The number of carbonyl (C=O) groups excluding carboxylic acids is 2. The molecule has 0 spiro atoms. The fraction of sp³-hybridized carbons (Fsp3) is 0.263. The van der Waals surface area contributed by atoms with Crippen LogP contribution in [0.1, 0.15) is 19.4 Å². The summed E-state index contributed by atoms with van der Waals surface area (Å²) >= 11 is 0. The lowest BCUT2D eigenvalue weighted by Crippen LogP contribution is -2.43. The third kappa shape index (κ3) is 6.19. The topological polar surface area (TPSA) is 102 Å². The van der Waals surface area contributed by atoms with E-state index in [1.165, 1.54) is 26.0 Å². The molecule has 144 valence electrons. The van der Waals surface area contributed by atoms with Crippen LogP contribution >= 0.6 is 0 Å². The van der Waals surface area contributed by atoms with E-state index in [2.05, 4.69) is 10.0 Å². The zero-order valence-electron chi connectivity index (χ0n) is 15.1. The molecule has 0 radical (unpaired) electrons. The molecule has 0 saturated heterocycles. The van der Waals surface area contributed by atoms with Crippen LogP contribution in [0.4, 0.5) is 0 Å². The van der Waals surface area contributed by atoms with Gasteiger partial charge in [0.2, 0.25) is 10.0 Å². The van der Waals surface area contributed by atoms with Crippen molar-refractivity contribution in [2.75, 3.05) is 0 Å². The first-order chi connectivity index (χ1) is 12.8. The van der Waals surface area contributed by atoms with Crippen LogP contribution < -0.4 is 10.0 Å². The van der Waals surface area contributed by atoms with Crippen molar-refractivity contribution in [3.63, 3.8) is 0 Å². The summed E-state index contributed by atoms with van der Waals surface area (Å²) in [5, 5.41) is 2.66. The molecular formula is C19H22N2O5S. The van der Waals surface area contributed by atoms with Crippen LogP contribution in [0.25, 0.3) is 0 Å². The van der Waals surface area contributed by atoms with Gasteiger partial charge in [-0.3, -0.25) is 9.59 Å². The summed E-state index contributed by atoms with van der Waals surface area (Å²) in [6, 6.07) is 15.8. The van der Waals surface area contributed by atoms with Gasteiger partial charge in [-0.15, -0.1) is 0 Å². The van der Waals surface area contributed by atoms with E-state index < -0.39 is 34.0 Å². The predicted molar refractivity (Wildman–Crippen MR) is 100 cm³/mol. The molecule has 1 unspecified atom stereocenters. The Kier molecular flexibility index (Phi) is 7.09. The number of carbonyl (C=O) groups is 2. The van der Waals surface area contributed by atoms with Crippen LogP contribution in [0, 0.1) is 0 Å². The van der Waals surface area contributed by atoms with Gasteiger partial charge in [-0.25, -0.2) is 8.42 Å². The van der Waals surface area contributed by atoms with E-state index in [0.717, 1.165) is 5.56 Å². The van der Waals surface area contributed by atoms with Crippen LogP contribution in [-0.2, 0) is 30.9 Å². The molecule has 2 rings (SSSR count). The monoisotopic (exact) mass is 390 g/mol. The normalized spacial score (nSPS) is 13.4. The standard InChI is InChI=1S/C19H22N2O5S/c1-14(21-27(24,25)17-11-7-4-8-12-17)19(23)26-15(2)18(22)20-13-16-9-5-3-6-10-16/h3-12,14-15,21H,13H2,1-2H3,(H,20,22)/t14-,15?/m0/s1. The Bertz CT molecular complexity index is 869. The van der Waals surface area contributed by atoms with E-state index >= 15 is 0 Å². The van der Waals surface area contributed by atoms with Gasteiger partial charge in [0, 0.05) is 6.54 Å². The largest absolute Gasteiger partial charge is 0.451 e. The zero-order chi connectivity index (χ0) is 19.9. The van der Waals surface area contributed by atoms with Crippen molar-refractivity contribution in [1.82, 2.24) is 10.0 Å². The van der Waals surface area contributed by atoms with E-state index in [0.29, 0.717) is 6.54 Å².